The van der Waals surface area contributed by atoms with Crippen LogP contribution in [0.25, 0.3) is 10.9 Å². The zero-order valence-corrected chi connectivity index (χ0v) is 13.0. The predicted octanol–water partition coefficient (Wildman–Crippen LogP) is 3.88. The van der Waals surface area contributed by atoms with Gasteiger partial charge >= 0.3 is 0 Å². The molecule has 3 rings (SSSR count). The van der Waals surface area contributed by atoms with E-state index in [0.717, 1.165) is 35.6 Å². The van der Waals surface area contributed by atoms with Crippen LogP contribution in [0.15, 0.2) is 24.3 Å². The van der Waals surface area contributed by atoms with Crippen LogP contribution in [0.4, 0.5) is 5.95 Å². The predicted molar refractivity (Wildman–Crippen MR) is 85.7 cm³/mol. The van der Waals surface area contributed by atoms with E-state index < -0.39 is 0 Å². The molecule has 1 aromatic heterocycles. The van der Waals surface area contributed by atoms with E-state index in [1.165, 1.54) is 6.42 Å². The van der Waals surface area contributed by atoms with Crippen LogP contribution in [0.2, 0.25) is 0 Å². The van der Waals surface area contributed by atoms with Crippen LogP contribution in [0.3, 0.4) is 0 Å². The van der Waals surface area contributed by atoms with E-state index in [1.807, 2.05) is 31.3 Å². The summed E-state index contributed by atoms with van der Waals surface area (Å²) in [6.07, 6.45) is 3.77. The minimum absolute atomic E-state index is 0.256. The molecule has 1 aliphatic rings. The minimum Gasteiger partial charge on any atom is -0.474 e. The molecule has 1 heterocycles. The molecule has 1 saturated carbocycles. The second-order valence-electron chi connectivity index (χ2n) is 6.28. The van der Waals surface area contributed by atoms with Crippen molar-refractivity contribution >= 4 is 16.9 Å². The van der Waals surface area contributed by atoms with Gasteiger partial charge in [-0.2, -0.15) is 4.98 Å². The molecule has 1 fully saturated rings. The number of benzene rings is 1. The van der Waals surface area contributed by atoms with Crippen molar-refractivity contribution in [2.75, 3.05) is 12.4 Å². The lowest BCUT2D eigenvalue weighted by atomic mass is 9.82. The first-order chi connectivity index (χ1) is 10.2. The number of rotatable bonds is 3. The number of hydrogen-bond donors (Lipinski definition) is 1. The number of aromatic nitrogens is 2. The molecule has 112 valence electrons. The highest BCUT2D eigenvalue weighted by atomic mass is 16.5. The lowest BCUT2D eigenvalue weighted by Gasteiger charge is -2.31. The summed E-state index contributed by atoms with van der Waals surface area (Å²) in [7, 11) is 1.83. The van der Waals surface area contributed by atoms with Crippen molar-refractivity contribution in [3.05, 3.63) is 24.3 Å². The maximum absolute atomic E-state index is 6.26. The van der Waals surface area contributed by atoms with E-state index in [9.17, 15) is 0 Å². The fourth-order valence-electron chi connectivity index (χ4n) is 3.38. The summed E-state index contributed by atoms with van der Waals surface area (Å²) in [5, 5.41) is 4.00. The molecule has 0 saturated heterocycles. The van der Waals surface area contributed by atoms with Crippen molar-refractivity contribution in [1.29, 1.82) is 0 Å². The Bertz CT molecular complexity index is 618. The zero-order chi connectivity index (χ0) is 14.8. The summed E-state index contributed by atoms with van der Waals surface area (Å²) in [6.45, 7) is 4.62. The summed E-state index contributed by atoms with van der Waals surface area (Å²) in [6, 6.07) is 8.02. The van der Waals surface area contributed by atoms with Gasteiger partial charge < -0.3 is 10.1 Å². The Morgan fingerprint density at radius 2 is 1.76 bits per heavy atom. The monoisotopic (exact) mass is 285 g/mol. The highest BCUT2D eigenvalue weighted by Gasteiger charge is 2.26. The number of anilines is 1. The maximum atomic E-state index is 6.26. The molecule has 2 aromatic rings. The average Bonchev–Trinajstić information content (AvgIpc) is 2.46. The number of ether oxygens (including phenoxy) is 1. The number of fused-ring (bicyclic) bond motifs is 1. The van der Waals surface area contributed by atoms with Crippen molar-refractivity contribution in [3.8, 4) is 5.88 Å². The van der Waals surface area contributed by atoms with Crippen molar-refractivity contribution in [3.63, 3.8) is 0 Å². The quantitative estimate of drug-likeness (QED) is 0.929. The van der Waals surface area contributed by atoms with Crippen LogP contribution in [0, 0.1) is 11.8 Å². The first-order valence-electron chi connectivity index (χ1n) is 7.77. The van der Waals surface area contributed by atoms with Gasteiger partial charge in [0.25, 0.3) is 0 Å². The Morgan fingerprint density at radius 3 is 2.48 bits per heavy atom. The molecule has 0 radical (unpaired) electrons. The van der Waals surface area contributed by atoms with E-state index in [1.54, 1.807) is 0 Å². The Balaban J connectivity index is 1.92. The Hall–Kier alpha value is -1.84. The molecule has 0 bridgehead atoms. The molecule has 2 unspecified atom stereocenters. The summed E-state index contributed by atoms with van der Waals surface area (Å²) in [5.74, 6) is 2.75. The number of nitrogens with one attached hydrogen (secondary N) is 1. The SMILES string of the molecule is CNc1nc(OC2CC(C)CC(C)C2)c2ccccc2n1. The molecule has 0 amide bonds. The Labute approximate surface area is 125 Å². The molecule has 2 atom stereocenters. The van der Waals surface area contributed by atoms with Gasteiger partial charge in [0.05, 0.1) is 10.9 Å². The number of nitrogens with zero attached hydrogens (tertiary/aromatic N) is 2. The molecule has 1 aliphatic carbocycles. The van der Waals surface area contributed by atoms with Gasteiger partial charge in [-0.25, -0.2) is 4.98 Å². The molecule has 1 aromatic carbocycles. The standard InChI is InChI=1S/C17H23N3O/c1-11-8-12(2)10-13(9-11)21-16-14-6-4-5-7-15(14)19-17(18-3)20-16/h4-7,11-13H,8-10H2,1-3H3,(H,18,19,20). The van der Waals surface area contributed by atoms with E-state index in [2.05, 4.69) is 29.1 Å². The normalized spacial score (nSPS) is 25.8. The first-order valence-corrected chi connectivity index (χ1v) is 7.77. The number of para-hydroxylation sites is 1. The summed E-state index contributed by atoms with van der Waals surface area (Å²) >= 11 is 0. The Morgan fingerprint density at radius 1 is 1.05 bits per heavy atom. The van der Waals surface area contributed by atoms with Crippen LogP contribution in [0.1, 0.15) is 33.1 Å². The maximum Gasteiger partial charge on any atom is 0.226 e. The molecular formula is C17H23N3O. The second kappa shape index (κ2) is 5.88. The van der Waals surface area contributed by atoms with Gasteiger partial charge in [0.15, 0.2) is 0 Å². The third-order valence-corrected chi connectivity index (χ3v) is 4.21. The van der Waals surface area contributed by atoms with Gasteiger partial charge in [0, 0.05) is 7.05 Å². The van der Waals surface area contributed by atoms with Gasteiger partial charge in [0.2, 0.25) is 11.8 Å². The van der Waals surface area contributed by atoms with Gasteiger partial charge in [-0.05, 0) is 43.2 Å². The van der Waals surface area contributed by atoms with Crippen molar-refractivity contribution in [2.45, 2.75) is 39.2 Å². The lowest BCUT2D eigenvalue weighted by molar-refractivity contribution is 0.0983. The van der Waals surface area contributed by atoms with Gasteiger partial charge in [-0.15, -0.1) is 0 Å². The third kappa shape index (κ3) is 3.09. The molecule has 0 aliphatic heterocycles. The highest BCUT2D eigenvalue weighted by molar-refractivity contribution is 5.84. The minimum atomic E-state index is 0.256. The van der Waals surface area contributed by atoms with Crippen LogP contribution >= 0.6 is 0 Å². The van der Waals surface area contributed by atoms with Crippen molar-refractivity contribution in [1.82, 2.24) is 9.97 Å². The van der Waals surface area contributed by atoms with E-state index in [-0.39, 0.29) is 6.10 Å². The molecule has 4 heteroatoms. The largest absolute Gasteiger partial charge is 0.474 e. The first kappa shape index (κ1) is 14.1. The van der Waals surface area contributed by atoms with Crippen LogP contribution in [-0.4, -0.2) is 23.1 Å². The van der Waals surface area contributed by atoms with Crippen LogP contribution in [0.5, 0.6) is 5.88 Å². The fourth-order valence-corrected chi connectivity index (χ4v) is 3.38. The average molecular weight is 285 g/mol. The fraction of sp³-hybridized carbons (Fsp3) is 0.529. The lowest BCUT2D eigenvalue weighted by Crippen LogP contribution is -2.29. The molecule has 0 spiro atoms. The van der Waals surface area contributed by atoms with Crippen molar-refractivity contribution in [2.24, 2.45) is 11.8 Å². The van der Waals surface area contributed by atoms with E-state index in [0.29, 0.717) is 11.8 Å². The summed E-state index contributed by atoms with van der Waals surface area (Å²) in [4.78, 5) is 8.99. The van der Waals surface area contributed by atoms with Crippen LogP contribution < -0.4 is 10.1 Å². The van der Waals surface area contributed by atoms with E-state index >= 15 is 0 Å². The van der Waals surface area contributed by atoms with Gasteiger partial charge in [-0.3, -0.25) is 0 Å². The highest BCUT2D eigenvalue weighted by Crippen LogP contribution is 2.33. The zero-order valence-electron chi connectivity index (χ0n) is 13.0. The van der Waals surface area contributed by atoms with Crippen molar-refractivity contribution < 1.29 is 4.74 Å². The van der Waals surface area contributed by atoms with Gasteiger partial charge in [0.1, 0.15) is 6.10 Å². The van der Waals surface area contributed by atoms with Crippen LogP contribution in [-0.2, 0) is 0 Å². The number of hydrogen-bond acceptors (Lipinski definition) is 4. The Kier molecular flexibility index (Phi) is 3.95. The summed E-state index contributed by atoms with van der Waals surface area (Å²) in [5.41, 5.74) is 0.920. The topological polar surface area (TPSA) is 47.0 Å². The molecule has 4 nitrogen and oxygen atoms in total. The summed E-state index contributed by atoms with van der Waals surface area (Å²) < 4.78 is 6.26. The second-order valence-corrected chi connectivity index (χ2v) is 6.28. The molecule has 21 heavy (non-hydrogen) atoms. The van der Waals surface area contributed by atoms with E-state index in [4.69, 9.17) is 4.74 Å². The van der Waals surface area contributed by atoms with Gasteiger partial charge in [-0.1, -0.05) is 26.0 Å². The molecular weight excluding hydrogens is 262 g/mol. The third-order valence-electron chi connectivity index (χ3n) is 4.21. The molecule has 1 N–H and O–H groups in total. The smallest absolute Gasteiger partial charge is 0.226 e.